The van der Waals surface area contributed by atoms with Gasteiger partial charge in [0.25, 0.3) is 0 Å². The zero-order chi connectivity index (χ0) is 14.5. The van der Waals surface area contributed by atoms with Crippen LogP contribution in [0, 0.1) is 0 Å². The van der Waals surface area contributed by atoms with Crippen LogP contribution in [0.2, 0.25) is 0 Å². The molecule has 0 amide bonds. The number of fused-ring (bicyclic) bond motifs is 1. The van der Waals surface area contributed by atoms with Gasteiger partial charge in [0.1, 0.15) is 0 Å². The Kier molecular flexibility index (Phi) is 5.02. The molecule has 0 bridgehead atoms. The topological polar surface area (TPSA) is 30.5 Å². The van der Waals surface area contributed by atoms with E-state index in [-0.39, 0.29) is 0 Å². The van der Waals surface area contributed by atoms with Crippen molar-refractivity contribution in [3.63, 3.8) is 0 Å². The van der Waals surface area contributed by atoms with Gasteiger partial charge in [-0.15, -0.1) is 0 Å². The lowest BCUT2D eigenvalue weighted by Gasteiger charge is -2.33. The maximum Gasteiger partial charge on any atom is 0.161 e. The zero-order valence-electron chi connectivity index (χ0n) is 13.1. The Bertz CT molecular complexity index is 461. The molecule has 1 aromatic rings. The number of benzene rings is 1. The van der Waals surface area contributed by atoms with Gasteiger partial charge in [0.05, 0.1) is 13.2 Å². The smallest absolute Gasteiger partial charge is 0.161 e. The highest BCUT2D eigenvalue weighted by atomic mass is 16.5. The van der Waals surface area contributed by atoms with Gasteiger partial charge in [-0.1, -0.05) is 25.8 Å². The molecule has 1 aliphatic carbocycles. The first kappa shape index (κ1) is 14.7. The number of nitrogens with one attached hydrogen (secondary N) is 1. The van der Waals surface area contributed by atoms with Crippen molar-refractivity contribution in [1.29, 1.82) is 0 Å². The molecule has 3 nitrogen and oxygen atoms in total. The number of hydrogen-bond acceptors (Lipinski definition) is 3. The lowest BCUT2D eigenvalue weighted by molar-refractivity contribution is 0.296. The highest BCUT2D eigenvalue weighted by Crippen LogP contribution is 2.38. The summed E-state index contributed by atoms with van der Waals surface area (Å²) in [6, 6.07) is 7.17. The Labute approximate surface area is 128 Å². The van der Waals surface area contributed by atoms with Crippen molar-refractivity contribution in [2.24, 2.45) is 0 Å². The molecule has 0 radical (unpaired) electrons. The first-order valence-corrected chi connectivity index (χ1v) is 8.51. The van der Waals surface area contributed by atoms with Gasteiger partial charge in [0, 0.05) is 12.5 Å². The zero-order valence-corrected chi connectivity index (χ0v) is 13.1. The molecule has 0 saturated heterocycles. The fourth-order valence-electron chi connectivity index (χ4n) is 3.51. The summed E-state index contributed by atoms with van der Waals surface area (Å²) in [7, 11) is 0. The number of rotatable bonds is 4. The van der Waals surface area contributed by atoms with Crippen LogP contribution in [0.4, 0.5) is 0 Å². The van der Waals surface area contributed by atoms with Gasteiger partial charge in [-0.3, -0.25) is 0 Å². The average molecular weight is 289 g/mol. The van der Waals surface area contributed by atoms with Gasteiger partial charge < -0.3 is 14.8 Å². The third kappa shape index (κ3) is 3.52. The second-order valence-electron chi connectivity index (χ2n) is 6.21. The second-order valence-corrected chi connectivity index (χ2v) is 6.21. The molecule has 0 aromatic heterocycles. The van der Waals surface area contributed by atoms with E-state index in [9.17, 15) is 0 Å². The molecule has 1 N–H and O–H groups in total. The molecule has 1 saturated carbocycles. The summed E-state index contributed by atoms with van der Waals surface area (Å²) in [5.41, 5.74) is 1.41. The molecule has 2 aliphatic rings. The van der Waals surface area contributed by atoms with Gasteiger partial charge in [-0.25, -0.2) is 0 Å². The maximum absolute atomic E-state index is 5.85. The van der Waals surface area contributed by atoms with Gasteiger partial charge in [0.2, 0.25) is 0 Å². The first-order valence-electron chi connectivity index (χ1n) is 8.51. The SMILES string of the molecule is CCCNC1CCCCC1c1ccc2c(c1)OCCCO2. The van der Waals surface area contributed by atoms with E-state index in [4.69, 9.17) is 9.47 Å². The summed E-state index contributed by atoms with van der Waals surface area (Å²) < 4.78 is 11.6. The fraction of sp³-hybridized carbons (Fsp3) is 0.667. The van der Waals surface area contributed by atoms with Crippen LogP contribution in [0.3, 0.4) is 0 Å². The van der Waals surface area contributed by atoms with Crippen molar-refractivity contribution >= 4 is 0 Å². The summed E-state index contributed by atoms with van der Waals surface area (Å²) in [4.78, 5) is 0. The van der Waals surface area contributed by atoms with Crippen LogP contribution in [-0.4, -0.2) is 25.8 Å². The second kappa shape index (κ2) is 7.17. The average Bonchev–Trinajstić information content (AvgIpc) is 2.77. The van der Waals surface area contributed by atoms with Crippen LogP contribution in [0.5, 0.6) is 11.5 Å². The van der Waals surface area contributed by atoms with E-state index in [2.05, 4.69) is 30.4 Å². The quantitative estimate of drug-likeness (QED) is 0.912. The third-order valence-corrected chi connectivity index (χ3v) is 4.62. The highest BCUT2D eigenvalue weighted by molar-refractivity contribution is 5.44. The van der Waals surface area contributed by atoms with Crippen molar-refractivity contribution < 1.29 is 9.47 Å². The van der Waals surface area contributed by atoms with Crippen LogP contribution in [0.1, 0.15) is 56.9 Å². The lowest BCUT2D eigenvalue weighted by atomic mass is 9.80. The normalized spacial score (nSPS) is 25.4. The fourth-order valence-corrected chi connectivity index (χ4v) is 3.51. The molecule has 3 rings (SSSR count). The molecule has 0 spiro atoms. The van der Waals surface area contributed by atoms with Crippen molar-refractivity contribution in [3.05, 3.63) is 23.8 Å². The molecule has 2 atom stereocenters. The minimum atomic E-state index is 0.613. The summed E-state index contributed by atoms with van der Waals surface area (Å²) in [6.45, 7) is 4.87. The van der Waals surface area contributed by atoms with Crippen LogP contribution < -0.4 is 14.8 Å². The van der Waals surface area contributed by atoms with E-state index < -0.39 is 0 Å². The molecule has 21 heavy (non-hydrogen) atoms. The highest BCUT2D eigenvalue weighted by Gasteiger charge is 2.27. The Balaban J connectivity index is 1.79. The van der Waals surface area contributed by atoms with Gasteiger partial charge in [0.15, 0.2) is 11.5 Å². The van der Waals surface area contributed by atoms with E-state index in [0.717, 1.165) is 37.7 Å². The summed E-state index contributed by atoms with van der Waals surface area (Å²) >= 11 is 0. The molecule has 116 valence electrons. The van der Waals surface area contributed by atoms with Crippen LogP contribution in [0.25, 0.3) is 0 Å². The number of hydrogen-bond donors (Lipinski definition) is 1. The monoisotopic (exact) mass is 289 g/mol. The van der Waals surface area contributed by atoms with Gasteiger partial charge in [-0.05, 0) is 49.4 Å². The Morgan fingerprint density at radius 3 is 2.71 bits per heavy atom. The van der Waals surface area contributed by atoms with Gasteiger partial charge >= 0.3 is 0 Å². The standard InChI is InChI=1S/C18H27NO2/c1-2-10-19-16-7-4-3-6-15(16)14-8-9-17-18(13-14)21-12-5-11-20-17/h8-9,13,15-16,19H,2-7,10-12H2,1H3. The molecule has 1 aliphatic heterocycles. The van der Waals surface area contributed by atoms with Crippen LogP contribution >= 0.6 is 0 Å². The van der Waals surface area contributed by atoms with Crippen molar-refractivity contribution in [1.82, 2.24) is 5.32 Å². The molecule has 1 fully saturated rings. The van der Waals surface area contributed by atoms with Crippen LogP contribution in [-0.2, 0) is 0 Å². The Morgan fingerprint density at radius 2 is 1.86 bits per heavy atom. The summed E-state index contributed by atoms with van der Waals surface area (Å²) in [5, 5.41) is 3.74. The van der Waals surface area contributed by atoms with E-state index in [1.165, 1.54) is 37.7 Å². The lowest BCUT2D eigenvalue weighted by Crippen LogP contribution is -2.37. The van der Waals surface area contributed by atoms with E-state index >= 15 is 0 Å². The first-order chi connectivity index (χ1) is 10.4. The molecular formula is C18H27NO2. The summed E-state index contributed by atoms with van der Waals surface area (Å²) in [5.74, 6) is 2.46. The molecular weight excluding hydrogens is 262 g/mol. The van der Waals surface area contributed by atoms with Crippen LogP contribution in [0.15, 0.2) is 18.2 Å². The number of ether oxygens (including phenoxy) is 2. The minimum Gasteiger partial charge on any atom is -0.490 e. The molecule has 3 heteroatoms. The van der Waals surface area contributed by atoms with Crippen molar-refractivity contribution in [2.45, 2.75) is 57.4 Å². The van der Waals surface area contributed by atoms with E-state index in [1.807, 2.05) is 0 Å². The van der Waals surface area contributed by atoms with E-state index in [0.29, 0.717) is 12.0 Å². The Hall–Kier alpha value is -1.22. The minimum absolute atomic E-state index is 0.613. The van der Waals surface area contributed by atoms with E-state index in [1.54, 1.807) is 0 Å². The summed E-state index contributed by atoms with van der Waals surface area (Å²) in [6.07, 6.45) is 7.42. The molecule has 2 unspecified atom stereocenters. The predicted octanol–water partition coefficient (Wildman–Crippen LogP) is 3.87. The largest absolute Gasteiger partial charge is 0.490 e. The van der Waals surface area contributed by atoms with Gasteiger partial charge in [-0.2, -0.15) is 0 Å². The van der Waals surface area contributed by atoms with Crippen molar-refractivity contribution in [3.8, 4) is 11.5 Å². The predicted molar refractivity (Wildman–Crippen MR) is 85.3 cm³/mol. The third-order valence-electron chi connectivity index (χ3n) is 4.62. The molecule has 1 heterocycles. The molecule has 1 aromatic carbocycles. The Morgan fingerprint density at radius 1 is 1.05 bits per heavy atom. The van der Waals surface area contributed by atoms with Crippen molar-refractivity contribution in [2.75, 3.05) is 19.8 Å². The maximum atomic E-state index is 5.85.